The number of imidazole rings is 1. The van der Waals surface area contributed by atoms with Gasteiger partial charge in [-0.25, -0.2) is 4.98 Å². The third-order valence-corrected chi connectivity index (χ3v) is 7.06. The quantitative estimate of drug-likeness (QED) is 0.533. The Morgan fingerprint density at radius 1 is 1.23 bits per heavy atom. The fourth-order valence-corrected chi connectivity index (χ4v) is 5.46. The Bertz CT molecular complexity index is 1220. The first kappa shape index (κ1) is 19.1. The largest absolute Gasteiger partial charge is 0.550 e. The van der Waals surface area contributed by atoms with Crippen LogP contribution < -0.4 is 14.7 Å². The molecule has 4 aromatic rings. The molecule has 0 spiro atoms. The van der Waals surface area contributed by atoms with E-state index in [2.05, 4.69) is 34.7 Å². The van der Waals surface area contributed by atoms with Crippen LogP contribution in [0.1, 0.15) is 18.5 Å². The molecule has 5 rings (SSSR count). The maximum atomic E-state index is 11.2. The number of hydrogen-bond donors (Lipinski definition) is 1. The van der Waals surface area contributed by atoms with Crippen LogP contribution in [0.2, 0.25) is 0 Å². The zero-order valence-corrected chi connectivity index (χ0v) is 17.6. The molecule has 0 amide bonds. The zero-order valence-electron chi connectivity index (χ0n) is 16.8. The van der Waals surface area contributed by atoms with Gasteiger partial charge in [-0.05, 0) is 24.3 Å². The minimum absolute atomic E-state index is 0.320. The second-order valence-corrected chi connectivity index (χ2v) is 8.86. The molecule has 1 fully saturated rings. The van der Waals surface area contributed by atoms with E-state index in [-0.39, 0.29) is 5.92 Å². The lowest BCUT2D eigenvalue weighted by Gasteiger charge is -2.29. The van der Waals surface area contributed by atoms with E-state index >= 15 is 0 Å². The first-order chi connectivity index (χ1) is 14.6. The Balaban J connectivity index is 1.59. The molecule has 2 aromatic carbocycles. The number of thiazole rings is 1. The molecule has 2 aromatic heterocycles. The molecule has 1 aliphatic heterocycles. The number of para-hydroxylation sites is 1. The Kier molecular flexibility index (Phi) is 4.92. The third-order valence-electron chi connectivity index (χ3n) is 6.04. The number of nitrogens with one attached hydrogen (secondary N) is 1. The summed E-state index contributed by atoms with van der Waals surface area (Å²) >= 11 is 1.69. The van der Waals surface area contributed by atoms with Gasteiger partial charge in [0.15, 0.2) is 4.96 Å². The van der Waals surface area contributed by atoms with E-state index in [0.29, 0.717) is 12.8 Å². The Hall–Kier alpha value is -2.90. The average Bonchev–Trinajstić information content (AvgIpc) is 3.31. The Morgan fingerprint density at radius 2 is 2.03 bits per heavy atom. The van der Waals surface area contributed by atoms with Crippen molar-refractivity contribution in [1.82, 2.24) is 9.38 Å². The number of aromatic nitrogens is 2. The summed E-state index contributed by atoms with van der Waals surface area (Å²) in [5.74, 6) is -0.428. The van der Waals surface area contributed by atoms with Gasteiger partial charge in [-0.3, -0.25) is 4.40 Å². The molecule has 0 bridgehead atoms. The standard InChI is InChI=1S/C23H23N3O3S/c1-29-17-6-4-5-16(13-17)21-19(14-25-11-9-15(10-12-25)22(27)28)26-18-7-2-3-8-20(18)30-23(26)24-21/h2-8,13,15H,9-12,14H2,1H3,(H,27,28). The highest BCUT2D eigenvalue weighted by Crippen LogP contribution is 2.33. The number of fused-ring (bicyclic) bond motifs is 3. The normalized spacial score (nSPS) is 19.4. The van der Waals surface area contributed by atoms with Gasteiger partial charge in [0.1, 0.15) is 18.0 Å². The molecule has 0 radical (unpaired) electrons. The molecule has 1 N–H and O–H groups in total. The van der Waals surface area contributed by atoms with E-state index in [1.54, 1.807) is 18.4 Å². The number of likely N-dealkylation sites (tertiary alicyclic amines) is 1. The van der Waals surface area contributed by atoms with Gasteiger partial charge >= 0.3 is 0 Å². The fraction of sp³-hybridized carbons (Fsp3) is 0.304. The number of nitrogens with zero attached hydrogens (tertiary/aromatic N) is 2. The summed E-state index contributed by atoms with van der Waals surface area (Å²) in [5, 5.41) is 11.2. The van der Waals surface area contributed by atoms with Crippen molar-refractivity contribution >= 4 is 32.5 Å². The maximum absolute atomic E-state index is 11.2. The number of carbonyl (C=O) groups excluding carboxylic acids is 1. The predicted molar refractivity (Wildman–Crippen MR) is 115 cm³/mol. The number of carboxylic acids is 1. The fourth-order valence-electron chi connectivity index (χ4n) is 4.41. The van der Waals surface area contributed by atoms with E-state index in [9.17, 15) is 9.90 Å². The molecule has 0 atom stereocenters. The van der Waals surface area contributed by atoms with Crippen LogP contribution in [0.15, 0.2) is 48.5 Å². The van der Waals surface area contributed by atoms with Crippen molar-refractivity contribution in [3.05, 3.63) is 54.2 Å². The molecule has 1 aliphatic rings. The van der Waals surface area contributed by atoms with Crippen LogP contribution in [0.25, 0.3) is 26.4 Å². The van der Waals surface area contributed by atoms with Gasteiger partial charge in [0.2, 0.25) is 0 Å². The lowest BCUT2D eigenvalue weighted by molar-refractivity contribution is -0.919. The van der Waals surface area contributed by atoms with Crippen molar-refractivity contribution in [3.8, 4) is 17.0 Å². The number of piperidine rings is 1. The lowest BCUT2D eigenvalue weighted by Crippen LogP contribution is -3.12. The van der Waals surface area contributed by atoms with Crippen molar-refractivity contribution in [3.63, 3.8) is 0 Å². The molecule has 154 valence electrons. The molecular weight excluding hydrogens is 398 g/mol. The summed E-state index contributed by atoms with van der Waals surface area (Å²) in [5.41, 5.74) is 4.34. The van der Waals surface area contributed by atoms with Gasteiger partial charge in [-0.2, -0.15) is 0 Å². The van der Waals surface area contributed by atoms with E-state index in [0.717, 1.165) is 52.8 Å². The summed E-state index contributed by atoms with van der Waals surface area (Å²) in [6.45, 7) is 2.45. The topological polar surface area (TPSA) is 71.1 Å². The second kappa shape index (κ2) is 7.74. The van der Waals surface area contributed by atoms with Gasteiger partial charge in [0, 0.05) is 30.3 Å². The van der Waals surface area contributed by atoms with Gasteiger partial charge in [-0.15, -0.1) is 0 Å². The van der Waals surface area contributed by atoms with Crippen LogP contribution in [-0.2, 0) is 11.3 Å². The number of benzene rings is 2. The number of methoxy groups -OCH3 is 1. The molecule has 30 heavy (non-hydrogen) atoms. The van der Waals surface area contributed by atoms with Crippen LogP contribution in [0.4, 0.5) is 0 Å². The molecule has 3 heterocycles. The SMILES string of the molecule is COc1cccc(-c2nc3sc4ccccc4n3c2C[NH+]2CCC(C(=O)[O-])CC2)c1. The van der Waals surface area contributed by atoms with Crippen molar-refractivity contribution in [2.24, 2.45) is 5.92 Å². The lowest BCUT2D eigenvalue weighted by atomic mass is 9.97. The van der Waals surface area contributed by atoms with E-state index < -0.39 is 5.97 Å². The summed E-state index contributed by atoms with van der Waals surface area (Å²) in [7, 11) is 1.67. The second-order valence-electron chi connectivity index (χ2n) is 7.85. The highest BCUT2D eigenvalue weighted by Gasteiger charge is 2.27. The number of ether oxygens (including phenoxy) is 1. The van der Waals surface area contributed by atoms with E-state index in [4.69, 9.17) is 9.72 Å². The molecule has 0 saturated carbocycles. The number of aliphatic carboxylic acids is 1. The zero-order chi connectivity index (χ0) is 20.7. The van der Waals surface area contributed by atoms with Crippen molar-refractivity contribution in [2.45, 2.75) is 19.4 Å². The van der Waals surface area contributed by atoms with Crippen LogP contribution in [0.3, 0.4) is 0 Å². The number of quaternary nitrogens is 1. The maximum Gasteiger partial charge on any atom is 0.195 e. The van der Waals surface area contributed by atoms with Gasteiger partial charge in [0.05, 0.1) is 36.1 Å². The number of hydrogen-bond acceptors (Lipinski definition) is 5. The minimum atomic E-state index is -0.915. The smallest absolute Gasteiger partial charge is 0.195 e. The van der Waals surface area contributed by atoms with Crippen LogP contribution in [0, 0.1) is 5.92 Å². The minimum Gasteiger partial charge on any atom is -0.550 e. The number of carboxylic acid groups (broad SMARTS) is 1. The summed E-state index contributed by atoms with van der Waals surface area (Å²) in [6, 6.07) is 16.4. The highest BCUT2D eigenvalue weighted by atomic mass is 32.1. The summed E-state index contributed by atoms with van der Waals surface area (Å²) in [6.07, 6.45) is 1.33. The molecule has 7 heteroatoms. The average molecular weight is 422 g/mol. The molecule has 1 saturated heterocycles. The Labute approximate surface area is 178 Å². The van der Waals surface area contributed by atoms with E-state index in [1.807, 2.05) is 18.2 Å². The van der Waals surface area contributed by atoms with Gasteiger partial charge < -0.3 is 19.5 Å². The molecule has 0 aliphatic carbocycles. The molecular formula is C23H23N3O3S. The summed E-state index contributed by atoms with van der Waals surface area (Å²) < 4.78 is 8.91. The third kappa shape index (κ3) is 3.34. The van der Waals surface area contributed by atoms with Crippen LogP contribution in [-0.4, -0.2) is 35.6 Å². The summed E-state index contributed by atoms with van der Waals surface area (Å²) in [4.78, 5) is 18.6. The van der Waals surface area contributed by atoms with Gasteiger partial charge in [0.25, 0.3) is 0 Å². The van der Waals surface area contributed by atoms with Crippen molar-refractivity contribution in [1.29, 1.82) is 0 Å². The Morgan fingerprint density at radius 3 is 2.80 bits per heavy atom. The molecule has 0 unspecified atom stereocenters. The van der Waals surface area contributed by atoms with Crippen LogP contribution in [0.5, 0.6) is 5.75 Å². The first-order valence-electron chi connectivity index (χ1n) is 10.2. The van der Waals surface area contributed by atoms with Crippen LogP contribution >= 0.6 is 11.3 Å². The number of carbonyl (C=O) groups is 1. The predicted octanol–water partition coefficient (Wildman–Crippen LogP) is 1.77. The monoisotopic (exact) mass is 421 g/mol. The van der Waals surface area contributed by atoms with Gasteiger partial charge in [-0.1, -0.05) is 35.6 Å². The van der Waals surface area contributed by atoms with Crippen molar-refractivity contribution < 1.29 is 19.5 Å². The first-order valence-corrected chi connectivity index (χ1v) is 11.0. The highest BCUT2D eigenvalue weighted by molar-refractivity contribution is 7.23. The van der Waals surface area contributed by atoms with E-state index in [1.165, 1.54) is 9.60 Å². The molecule has 6 nitrogen and oxygen atoms in total. The van der Waals surface area contributed by atoms with Crippen molar-refractivity contribution in [2.75, 3.05) is 20.2 Å². The number of rotatable bonds is 5.